The number of hydrogen-bond acceptors (Lipinski definition) is 4. The summed E-state index contributed by atoms with van der Waals surface area (Å²) >= 11 is 0. The van der Waals surface area contributed by atoms with E-state index in [1.807, 2.05) is 6.07 Å². The van der Waals surface area contributed by atoms with Crippen LogP contribution < -0.4 is 4.74 Å². The summed E-state index contributed by atoms with van der Waals surface area (Å²) in [7, 11) is 1.41. The Hall–Kier alpha value is -2.81. The fourth-order valence-electron chi connectivity index (χ4n) is 2.34. The quantitative estimate of drug-likeness (QED) is 0.745. The molecule has 24 heavy (non-hydrogen) atoms. The van der Waals surface area contributed by atoms with Gasteiger partial charge in [-0.15, -0.1) is 0 Å². The van der Waals surface area contributed by atoms with Crippen LogP contribution >= 0.6 is 0 Å². The Morgan fingerprint density at radius 2 is 2.25 bits per heavy atom. The van der Waals surface area contributed by atoms with Crippen molar-refractivity contribution in [1.29, 1.82) is 5.26 Å². The molecule has 0 saturated carbocycles. The molecule has 1 heterocycles. The minimum absolute atomic E-state index is 0.0992. The third-order valence-electron chi connectivity index (χ3n) is 3.62. The summed E-state index contributed by atoms with van der Waals surface area (Å²) in [6, 6.07) is 10.2. The van der Waals surface area contributed by atoms with Gasteiger partial charge in [-0.1, -0.05) is 6.07 Å². The van der Waals surface area contributed by atoms with Crippen molar-refractivity contribution >= 4 is 5.91 Å². The van der Waals surface area contributed by atoms with Gasteiger partial charge in [0.25, 0.3) is 0 Å². The number of methoxy groups -OCH3 is 1. The maximum Gasteiger partial charge on any atom is 0.223 e. The molecule has 126 valence electrons. The lowest BCUT2D eigenvalue weighted by atomic mass is 10.1. The summed E-state index contributed by atoms with van der Waals surface area (Å²) in [6.07, 6.45) is 2.45. The van der Waals surface area contributed by atoms with Gasteiger partial charge in [0.05, 0.1) is 32.4 Å². The molecule has 1 aromatic heterocycles. The fraction of sp³-hybridized carbons (Fsp3) is 0.333. The first-order chi connectivity index (χ1) is 11.6. The topological polar surface area (TPSA) is 66.5 Å². The van der Waals surface area contributed by atoms with Gasteiger partial charge in [0.2, 0.25) is 5.91 Å². The number of hydrogen-bond donors (Lipinski definition) is 0. The Morgan fingerprint density at radius 1 is 1.42 bits per heavy atom. The summed E-state index contributed by atoms with van der Waals surface area (Å²) in [4.78, 5) is 14.0. The molecule has 0 N–H and O–H groups in total. The summed E-state index contributed by atoms with van der Waals surface area (Å²) in [5.74, 6) is 0.299. The zero-order valence-electron chi connectivity index (χ0n) is 13.5. The van der Waals surface area contributed by atoms with E-state index in [2.05, 4.69) is 0 Å². The van der Waals surface area contributed by atoms with E-state index in [1.54, 1.807) is 35.4 Å². The molecule has 1 aromatic carbocycles. The molecule has 0 saturated heterocycles. The summed E-state index contributed by atoms with van der Waals surface area (Å²) < 4.78 is 23.8. The minimum Gasteiger partial charge on any atom is -0.494 e. The van der Waals surface area contributed by atoms with Crippen LogP contribution in [-0.4, -0.2) is 24.5 Å². The molecule has 0 atom stereocenters. The predicted octanol–water partition coefficient (Wildman–Crippen LogP) is 3.30. The predicted molar refractivity (Wildman–Crippen MR) is 85.6 cm³/mol. The molecular formula is C18H19FN2O3. The van der Waals surface area contributed by atoms with Crippen molar-refractivity contribution in [1.82, 2.24) is 4.90 Å². The molecule has 0 aliphatic rings. The molecule has 0 fully saturated rings. The third-order valence-corrected chi connectivity index (χ3v) is 3.62. The monoisotopic (exact) mass is 330 g/mol. The van der Waals surface area contributed by atoms with Crippen molar-refractivity contribution in [3.8, 4) is 11.8 Å². The van der Waals surface area contributed by atoms with E-state index in [0.29, 0.717) is 25.3 Å². The zero-order valence-corrected chi connectivity index (χ0v) is 13.5. The molecular weight excluding hydrogens is 311 g/mol. The van der Waals surface area contributed by atoms with Crippen molar-refractivity contribution in [2.45, 2.75) is 25.8 Å². The smallest absolute Gasteiger partial charge is 0.223 e. The van der Waals surface area contributed by atoms with Crippen LogP contribution in [0.15, 0.2) is 41.0 Å². The number of ether oxygens (including phenoxy) is 1. The lowest BCUT2D eigenvalue weighted by Gasteiger charge is -2.20. The molecule has 2 aromatic rings. The molecule has 0 aliphatic carbocycles. The number of carbonyl (C=O) groups excluding carboxylic acids is 1. The Bertz CT molecular complexity index is 708. The van der Waals surface area contributed by atoms with Crippen molar-refractivity contribution in [3.63, 3.8) is 0 Å². The van der Waals surface area contributed by atoms with Crippen LogP contribution in [0.2, 0.25) is 0 Å². The molecule has 0 radical (unpaired) electrons. The van der Waals surface area contributed by atoms with Gasteiger partial charge in [-0.3, -0.25) is 4.79 Å². The molecule has 0 bridgehead atoms. The highest BCUT2D eigenvalue weighted by Gasteiger charge is 2.15. The number of furan rings is 1. The normalized spacial score (nSPS) is 10.2. The molecule has 0 spiro atoms. The van der Waals surface area contributed by atoms with Gasteiger partial charge in [-0.05, 0) is 36.2 Å². The first-order valence-electron chi connectivity index (χ1n) is 7.63. The zero-order chi connectivity index (χ0) is 17.4. The number of rotatable bonds is 8. The fourth-order valence-corrected chi connectivity index (χ4v) is 2.34. The molecule has 6 heteroatoms. The Morgan fingerprint density at radius 3 is 2.88 bits per heavy atom. The maximum atomic E-state index is 13.7. The van der Waals surface area contributed by atoms with Crippen molar-refractivity contribution in [3.05, 3.63) is 53.7 Å². The van der Waals surface area contributed by atoms with Gasteiger partial charge >= 0.3 is 0 Å². The summed E-state index contributed by atoms with van der Waals surface area (Å²) in [5.41, 5.74) is 0.722. The Kier molecular flexibility index (Phi) is 6.38. The molecule has 0 unspecified atom stereocenters. The van der Waals surface area contributed by atoms with Crippen LogP contribution in [0.4, 0.5) is 4.39 Å². The lowest BCUT2D eigenvalue weighted by molar-refractivity contribution is -0.132. The molecule has 1 amide bonds. The Labute approximate surface area is 140 Å². The van der Waals surface area contributed by atoms with Gasteiger partial charge in [0, 0.05) is 13.0 Å². The maximum absolute atomic E-state index is 13.7. The first-order valence-corrected chi connectivity index (χ1v) is 7.63. The van der Waals surface area contributed by atoms with Crippen LogP contribution in [0.3, 0.4) is 0 Å². The van der Waals surface area contributed by atoms with Gasteiger partial charge in [-0.25, -0.2) is 4.39 Å². The summed E-state index contributed by atoms with van der Waals surface area (Å²) in [6.45, 7) is 0.664. The number of nitriles is 1. The molecule has 0 aliphatic heterocycles. The number of nitrogens with zero attached hydrogens (tertiary/aromatic N) is 2. The minimum atomic E-state index is -0.445. The van der Waals surface area contributed by atoms with Crippen LogP contribution in [0, 0.1) is 17.1 Å². The van der Waals surface area contributed by atoms with E-state index >= 15 is 0 Å². The van der Waals surface area contributed by atoms with E-state index in [-0.39, 0.29) is 24.5 Å². The van der Waals surface area contributed by atoms with Crippen molar-refractivity contribution in [2.24, 2.45) is 0 Å². The van der Waals surface area contributed by atoms with E-state index in [1.165, 1.54) is 13.2 Å². The number of amides is 1. The molecule has 5 nitrogen and oxygen atoms in total. The van der Waals surface area contributed by atoms with E-state index in [4.69, 9.17) is 14.4 Å². The standard InChI is InChI=1S/C18H19FN2O3/c1-23-17-7-5-14(12-16(17)19)6-8-18(22)21(10-3-9-20)13-15-4-2-11-24-15/h2,4-5,7,11-12H,3,6,8,10,13H2,1H3. The van der Waals surface area contributed by atoms with Crippen molar-refractivity contribution in [2.75, 3.05) is 13.7 Å². The second-order valence-electron chi connectivity index (χ2n) is 5.27. The van der Waals surface area contributed by atoms with Crippen LogP contribution in [0.5, 0.6) is 5.75 Å². The van der Waals surface area contributed by atoms with E-state index in [0.717, 1.165) is 5.56 Å². The Balaban J connectivity index is 1.96. The first kappa shape index (κ1) is 17.5. The average Bonchev–Trinajstić information content (AvgIpc) is 3.09. The van der Waals surface area contributed by atoms with Crippen molar-refractivity contribution < 1.29 is 18.3 Å². The summed E-state index contributed by atoms with van der Waals surface area (Å²) in [5, 5.41) is 8.75. The molecule has 2 rings (SSSR count). The van der Waals surface area contributed by atoms with E-state index in [9.17, 15) is 9.18 Å². The van der Waals surface area contributed by atoms with Crippen LogP contribution in [-0.2, 0) is 17.8 Å². The lowest BCUT2D eigenvalue weighted by Crippen LogP contribution is -2.31. The van der Waals surface area contributed by atoms with Gasteiger partial charge in [0.1, 0.15) is 5.76 Å². The van der Waals surface area contributed by atoms with Crippen LogP contribution in [0.25, 0.3) is 0 Å². The number of halogens is 1. The SMILES string of the molecule is COc1ccc(CCC(=O)N(CCC#N)Cc2ccco2)cc1F. The highest BCUT2D eigenvalue weighted by atomic mass is 19.1. The number of benzene rings is 1. The van der Waals surface area contributed by atoms with Crippen LogP contribution in [0.1, 0.15) is 24.2 Å². The van der Waals surface area contributed by atoms with Gasteiger partial charge in [0.15, 0.2) is 11.6 Å². The second-order valence-corrected chi connectivity index (χ2v) is 5.27. The van der Waals surface area contributed by atoms with E-state index < -0.39 is 5.82 Å². The van der Waals surface area contributed by atoms with Gasteiger partial charge in [-0.2, -0.15) is 5.26 Å². The average molecular weight is 330 g/mol. The third kappa shape index (κ3) is 4.85. The van der Waals surface area contributed by atoms with Gasteiger partial charge < -0.3 is 14.1 Å². The number of carbonyl (C=O) groups is 1. The highest BCUT2D eigenvalue weighted by Crippen LogP contribution is 2.19. The largest absolute Gasteiger partial charge is 0.494 e. The number of aryl methyl sites for hydroxylation is 1. The highest BCUT2D eigenvalue weighted by molar-refractivity contribution is 5.76. The second kappa shape index (κ2) is 8.73.